The second kappa shape index (κ2) is 4.82. The molecule has 0 aliphatic carbocycles. The van der Waals surface area contributed by atoms with Crippen LogP contribution < -0.4 is 9.88 Å². The Labute approximate surface area is 111 Å². The summed E-state index contributed by atoms with van der Waals surface area (Å²) in [6, 6.07) is 4.21. The summed E-state index contributed by atoms with van der Waals surface area (Å²) >= 11 is 0. The van der Waals surface area contributed by atoms with Gasteiger partial charge in [-0.05, 0) is 32.0 Å². The van der Waals surface area contributed by atoms with Crippen molar-refractivity contribution in [2.45, 2.75) is 30.8 Å². The lowest BCUT2D eigenvalue weighted by Gasteiger charge is -2.12. The zero-order valence-electron chi connectivity index (χ0n) is 10.6. The number of primary sulfonamides is 1. The molecule has 0 fully saturated rings. The van der Waals surface area contributed by atoms with Gasteiger partial charge in [-0.25, -0.2) is 13.6 Å². The predicted molar refractivity (Wildman–Crippen MR) is 67.3 cm³/mol. The van der Waals surface area contributed by atoms with Crippen LogP contribution in [0.1, 0.15) is 25.3 Å². The smallest absolute Gasteiger partial charge is 0.317 e. The summed E-state index contributed by atoms with van der Waals surface area (Å²) in [7, 11) is -3.80. The van der Waals surface area contributed by atoms with Crippen LogP contribution in [0.5, 0.6) is 5.75 Å². The van der Waals surface area contributed by atoms with Gasteiger partial charge < -0.3 is 9.47 Å². The monoisotopic (exact) mass is 285 g/mol. The fraction of sp³-hybridized carbons (Fsp3) is 0.417. The maximum atomic E-state index is 11.9. The van der Waals surface area contributed by atoms with Crippen LogP contribution in [0.3, 0.4) is 0 Å². The zero-order chi connectivity index (χ0) is 14.2. The summed E-state index contributed by atoms with van der Waals surface area (Å²) in [6.45, 7) is 3.64. The number of hydrogen-bond acceptors (Lipinski definition) is 5. The summed E-state index contributed by atoms with van der Waals surface area (Å²) in [5.74, 6) is -0.558. The zero-order valence-corrected chi connectivity index (χ0v) is 11.4. The number of hydrogen-bond donors (Lipinski definition) is 1. The number of rotatable bonds is 3. The molecule has 7 heteroatoms. The predicted octanol–water partition coefficient (Wildman–Crippen LogP) is 0.762. The van der Waals surface area contributed by atoms with Gasteiger partial charge in [0.2, 0.25) is 10.0 Å². The SMILES string of the molecule is CC(C)OC(=O)C1COc2ccc(S(N)(=O)=O)cc21. The molecule has 2 N–H and O–H groups in total. The van der Waals surface area contributed by atoms with Crippen LogP contribution in [-0.2, 0) is 19.6 Å². The molecular weight excluding hydrogens is 270 g/mol. The molecule has 104 valence electrons. The number of carbonyl (C=O) groups excluding carboxylic acids is 1. The van der Waals surface area contributed by atoms with E-state index in [9.17, 15) is 13.2 Å². The maximum absolute atomic E-state index is 11.9. The number of benzene rings is 1. The van der Waals surface area contributed by atoms with Gasteiger partial charge in [0.1, 0.15) is 18.3 Å². The molecule has 0 bridgehead atoms. The largest absolute Gasteiger partial charge is 0.492 e. The van der Waals surface area contributed by atoms with E-state index in [0.717, 1.165) is 0 Å². The van der Waals surface area contributed by atoms with Crippen molar-refractivity contribution in [1.82, 2.24) is 0 Å². The van der Waals surface area contributed by atoms with E-state index in [1.807, 2.05) is 0 Å². The Balaban J connectivity index is 2.35. The van der Waals surface area contributed by atoms with Gasteiger partial charge in [-0.1, -0.05) is 0 Å². The van der Waals surface area contributed by atoms with Crippen LogP contribution in [0.4, 0.5) is 0 Å². The molecule has 0 amide bonds. The minimum Gasteiger partial charge on any atom is -0.492 e. The highest BCUT2D eigenvalue weighted by atomic mass is 32.2. The Hall–Kier alpha value is -1.60. The lowest BCUT2D eigenvalue weighted by molar-refractivity contribution is -0.149. The molecule has 6 nitrogen and oxygen atoms in total. The number of nitrogens with two attached hydrogens (primary N) is 1. The first-order valence-electron chi connectivity index (χ1n) is 5.79. The fourth-order valence-electron chi connectivity index (χ4n) is 1.88. The normalized spacial score (nSPS) is 18.0. The van der Waals surface area contributed by atoms with E-state index in [4.69, 9.17) is 14.6 Å². The van der Waals surface area contributed by atoms with E-state index in [0.29, 0.717) is 11.3 Å². The Morgan fingerprint density at radius 1 is 1.47 bits per heavy atom. The quantitative estimate of drug-likeness (QED) is 0.827. The Morgan fingerprint density at radius 3 is 2.74 bits per heavy atom. The molecule has 1 heterocycles. The maximum Gasteiger partial charge on any atom is 0.317 e. The van der Waals surface area contributed by atoms with Crippen LogP contribution >= 0.6 is 0 Å². The summed E-state index contributed by atoms with van der Waals surface area (Å²) in [4.78, 5) is 11.9. The highest BCUT2D eigenvalue weighted by Gasteiger charge is 2.33. The van der Waals surface area contributed by atoms with Crippen molar-refractivity contribution in [3.05, 3.63) is 23.8 Å². The van der Waals surface area contributed by atoms with E-state index in [2.05, 4.69) is 0 Å². The Morgan fingerprint density at radius 2 is 2.16 bits per heavy atom. The number of fused-ring (bicyclic) bond motifs is 1. The molecule has 19 heavy (non-hydrogen) atoms. The molecule has 0 spiro atoms. The van der Waals surface area contributed by atoms with Gasteiger partial charge in [0.25, 0.3) is 0 Å². The molecular formula is C12H15NO5S. The highest BCUT2D eigenvalue weighted by Crippen LogP contribution is 2.36. The lowest BCUT2D eigenvalue weighted by atomic mass is 10.0. The van der Waals surface area contributed by atoms with E-state index in [1.54, 1.807) is 13.8 Å². The lowest BCUT2D eigenvalue weighted by Crippen LogP contribution is -2.21. The summed E-state index contributed by atoms with van der Waals surface area (Å²) in [5, 5.41) is 5.07. The number of sulfonamides is 1. The third kappa shape index (κ3) is 2.87. The standard InChI is InChI=1S/C12H15NO5S/c1-7(2)18-12(14)10-6-17-11-4-3-8(5-9(10)11)19(13,15)16/h3-5,7,10H,6H2,1-2H3,(H2,13,15,16). The van der Waals surface area contributed by atoms with E-state index in [-0.39, 0.29) is 17.6 Å². The summed E-state index contributed by atoms with van der Waals surface area (Å²) in [5.41, 5.74) is 0.497. The molecule has 1 aromatic carbocycles. The molecule has 1 atom stereocenters. The van der Waals surface area contributed by atoms with Crippen LogP contribution in [-0.4, -0.2) is 27.1 Å². The van der Waals surface area contributed by atoms with Gasteiger partial charge in [0.15, 0.2) is 0 Å². The van der Waals surface area contributed by atoms with Crippen LogP contribution in [0, 0.1) is 0 Å². The van der Waals surface area contributed by atoms with Crippen molar-refractivity contribution in [3.63, 3.8) is 0 Å². The van der Waals surface area contributed by atoms with Crippen LogP contribution in [0.2, 0.25) is 0 Å². The fourth-order valence-corrected chi connectivity index (χ4v) is 2.43. The van der Waals surface area contributed by atoms with Crippen molar-refractivity contribution in [3.8, 4) is 5.75 Å². The first kappa shape index (κ1) is 13.8. The van der Waals surface area contributed by atoms with Gasteiger partial charge in [-0.15, -0.1) is 0 Å². The number of carbonyl (C=O) groups is 1. The van der Waals surface area contributed by atoms with E-state index in [1.165, 1.54) is 18.2 Å². The highest BCUT2D eigenvalue weighted by molar-refractivity contribution is 7.89. The van der Waals surface area contributed by atoms with Gasteiger partial charge in [0, 0.05) is 5.56 Å². The first-order valence-corrected chi connectivity index (χ1v) is 7.33. The van der Waals surface area contributed by atoms with Gasteiger partial charge in [-0.3, -0.25) is 4.79 Å². The Kier molecular flexibility index (Phi) is 3.51. The third-order valence-corrected chi connectivity index (χ3v) is 3.64. The van der Waals surface area contributed by atoms with Gasteiger partial charge in [0.05, 0.1) is 11.0 Å². The molecule has 0 saturated heterocycles. The van der Waals surface area contributed by atoms with E-state index < -0.39 is 21.9 Å². The summed E-state index contributed by atoms with van der Waals surface area (Å²) < 4.78 is 33.1. The molecule has 0 saturated carbocycles. The Bertz CT molecular complexity index is 609. The van der Waals surface area contributed by atoms with E-state index >= 15 is 0 Å². The molecule has 1 aliphatic rings. The van der Waals surface area contributed by atoms with Crippen molar-refractivity contribution in [1.29, 1.82) is 0 Å². The molecule has 1 aliphatic heterocycles. The molecule has 2 rings (SSSR count). The molecule has 1 unspecified atom stereocenters. The third-order valence-electron chi connectivity index (χ3n) is 2.73. The molecule has 0 aromatic heterocycles. The molecule has 1 aromatic rings. The van der Waals surface area contributed by atoms with Gasteiger partial charge >= 0.3 is 5.97 Å². The average Bonchev–Trinajstić information content (AvgIpc) is 2.69. The first-order chi connectivity index (χ1) is 8.79. The van der Waals surface area contributed by atoms with Crippen molar-refractivity contribution in [2.75, 3.05) is 6.61 Å². The van der Waals surface area contributed by atoms with Crippen molar-refractivity contribution in [2.24, 2.45) is 5.14 Å². The van der Waals surface area contributed by atoms with Crippen molar-refractivity contribution >= 4 is 16.0 Å². The topological polar surface area (TPSA) is 95.7 Å². The second-order valence-corrected chi connectivity index (χ2v) is 6.16. The van der Waals surface area contributed by atoms with Crippen LogP contribution in [0.25, 0.3) is 0 Å². The minimum atomic E-state index is -3.80. The minimum absolute atomic E-state index is 0.0425. The number of esters is 1. The van der Waals surface area contributed by atoms with Crippen molar-refractivity contribution < 1.29 is 22.7 Å². The van der Waals surface area contributed by atoms with Crippen LogP contribution in [0.15, 0.2) is 23.1 Å². The second-order valence-electron chi connectivity index (χ2n) is 4.59. The molecule has 0 radical (unpaired) electrons. The van der Waals surface area contributed by atoms with Gasteiger partial charge in [-0.2, -0.15) is 0 Å². The summed E-state index contributed by atoms with van der Waals surface area (Å²) in [6.07, 6.45) is -0.238. The average molecular weight is 285 g/mol. The number of ether oxygens (including phenoxy) is 2.